The molecule has 0 amide bonds. The van der Waals surface area contributed by atoms with Gasteiger partial charge in [-0.25, -0.2) is 0 Å². The molecule has 1 aromatic rings. The van der Waals surface area contributed by atoms with Gasteiger partial charge in [0.05, 0.1) is 20.6 Å². The Bertz CT molecular complexity index is 483. The lowest BCUT2D eigenvalue weighted by atomic mass is 9.96. The quantitative estimate of drug-likeness (QED) is 0.888. The number of carbonyl (C=O) groups is 1. The predicted octanol–water partition coefficient (Wildman–Crippen LogP) is 1.77. The van der Waals surface area contributed by atoms with E-state index in [9.17, 15) is 9.90 Å². The minimum absolute atomic E-state index is 0.0702. The lowest BCUT2D eigenvalue weighted by Crippen LogP contribution is -2.41. The summed E-state index contributed by atoms with van der Waals surface area (Å²) in [6, 6.07) is 3.20. The fourth-order valence-electron chi connectivity index (χ4n) is 1.98. The van der Waals surface area contributed by atoms with E-state index in [0.29, 0.717) is 29.2 Å². The van der Waals surface area contributed by atoms with Gasteiger partial charge in [0.15, 0.2) is 5.78 Å². The summed E-state index contributed by atoms with van der Waals surface area (Å²) in [6.45, 7) is 1.76. The second-order valence-corrected chi connectivity index (χ2v) is 4.20. The van der Waals surface area contributed by atoms with Crippen LogP contribution in [0.4, 0.5) is 0 Å². The molecule has 1 N–H and O–H groups in total. The minimum Gasteiger partial charge on any atom is -0.496 e. The highest BCUT2D eigenvalue weighted by molar-refractivity contribution is 6.03. The molecule has 0 saturated heterocycles. The van der Waals surface area contributed by atoms with Crippen LogP contribution in [0.25, 0.3) is 0 Å². The molecule has 1 heterocycles. The van der Waals surface area contributed by atoms with Crippen molar-refractivity contribution in [2.45, 2.75) is 25.6 Å². The monoisotopic (exact) mass is 252 g/mol. The van der Waals surface area contributed by atoms with Crippen molar-refractivity contribution < 1.29 is 24.1 Å². The van der Waals surface area contributed by atoms with E-state index in [1.54, 1.807) is 19.1 Å². The van der Waals surface area contributed by atoms with Crippen molar-refractivity contribution in [1.29, 1.82) is 0 Å². The van der Waals surface area contributed by atoms with Gasteiger partial charge in [-0.3, -0.25) is 4.79 Å². The lowest BCUT2D eigenvalue weighted by Gasteiger charge is -2.33. The first-order chi connectivity index (χ1) is 8.53. The zero-order chi connectivity index (χ0) is 13.3. The minimum atomic E-state index is -1.44. The fraction of sp³-hybridized carbons (Fsp3) is 0.462. The molecule has 1 aromatic carbocycles. The van der Waals surface area contributed by atoms with Crippen molar-refractivity contribution in [3.05, 3.63) is 17.7 Å². The molecule has 98 valence electrons. The Morgan fingerprint density at radius 1 is 1.39 bits per heavy atom. The van der Waals surface area contributed by atoms with Gasteiger partial charge in [-0.05, 0) is 0 Å². The number of carbonyl (C=O) groups excluding carboxylic acids is 1. The van der Waals surface area contributed by atoms with Crippen LogP contribution in [0.3, 0.4) is 0 Å². The molecule has 2 rings (SSSR count). The number of ketones is 1. The highest BCUT2D eigenvalue weighted by atomic mass is 16.6. The third-order valence-electron chi connectivity index (χ3n) is 3.06. The number of methoxy groups -OCH3 is 2. The topological polar surface area (TPSA) is 65.0 Å². The molecule has 1 unspecified atom stereocenters. The van der Waals surface area contributed by atoms with Gasteiger partial charge in [0, 0.05) is 18.6 Å². The fourth-order valence-corrected chi connectivity index (χ4v) is 1.98. The summed E-state index contributed by atoms with van der Waals surface area (Å²) in [6.07, 6.45) is 0.261. The van der Waals surface area contributed by atoms with Gasteiger partial charge in [-0.2, -0.15) is 0 Å². The van der Waals surface area contributed by atoms with Gasteiger partial charge >= 0.3 is 0 Å². The second kappa shape index (κ2) is 4.49. The Morgan fingerprint density at radius 3 is 2.67 bits per heavy atom. The highest BCUT2D eigenvalue weighted by Gasteiger charge is 2.39. The van der Waals surface area contributed by atoms with Crippen molar-refractivity contribution in [1.82, 2.24) is 0 Å². The molecule has 0 spiro atoms. The summed E-state index contributed by atoms with van der Waals surface area (Å²) >= 11 is 0. The van der Waals surface area contributed by atoms with E-state index in [-0.39, 0.29) is 12.2 Å². The molecule has 1 atom stereocenters. The molecular weight excluding hydrogens is 236 g/mol. The van der Waals surface area contributed by atoms with Gasteiger partial charge in [0.25, 0.3) is 0 Å². The number of ether oxygens (including phenoxy) is 3. The first-order valence-electron chi connectivity index (χ1n) is 5.73. The predicted molar refractivity (Wildman–Crippen MR) is 64.4 cm³/mol. The van der Waals surface area contributed by atoms with Crippen LogP contribution in [-0.4, -0.2) is 30.9 Å². The summed E-state index contributed by atoms with van der Waals surface area (Å²) in [4.78, 5) is 12.1. The Morgan fingerprint density at radius 2 is 2.11 bits per heavy atom. The Labute approximate surface area is 105 Å². The van der Waals surface area contributed by atoms with E-state index >= 15 is 0 Å². The third-order valence-corrected chi connectivity index (χ3v) is 3.06. The van der Waals surface area contributed by atoms with E-state index in [2.05, 4.69) is 0 Å². The van der Waals surface area contributed by atoms with Crippen molar-refractivity contribution in [3.8, 4) is 17.2 Å². The number of fused-ring (bicyclic) bond motifs is 1. The number of hydrogen-bond acceptors (Lipinski definition) is 5. The van der Waals surface area contributed by atoms with Crippen LogP contribution < -0.4 is 14.2 Å². The first-order valence-corrected chi connectivity index (χ1v) is 5.73. The number of hydrogen-bond donors (Lipinski definition) is 1. The Balaban J connectivity index is 2.55. The zero-order valence-corrected chi connectivity index (χ0v) is 10.6. The summed E-state index contributed by atoms with van der Waals surface area (Å²) in [5.74, 6) is -0.431. The Hall–Kier alpha value is -1.75. The number of Topliss-reactive ketones (excluding diaryl/α,β-unsaturated/α-hetero) is 1. The molecule has 18 heavy (non-hydrogen) atoms. The summed E-state index contributed by atoms with van der Waals surface area (Å²) < 4.78 is 15.8. The maximum atomic E-state index is 12.1. The molecule has 0 radical (unpaired) electrons. The van der Waals surface area contributed by atoms with Gasteiger partial charge < -0.3 is 19.3 Å². The van der Waals surface area contributed by atoms with Crippen LogP contribution in [0, 0.1) is 0 Å². The summed E-state index contributed by atoms with van der Waals surface area (Å²) in [7, 11) is 2.99. The van der Waals surface area contributed by atoms with Crippen LogP contribution in [0.1, 0.15) is 30.1 Å². The zero-order valence-electron chi connectivity index (χ0n) is 10.6. The van der Waals surface area contributed by atoms with Crippen molar-refractivity contribution >= 4 is 5.78 Å². The van der Waals surface area contributed by atoms with Crippen LogP contribution in [0.2, 0.25) is 0 Å². The number of aliphatic hydroxyl groups is 1. The van der Waals surface area contributed by atoms with Crippen LogP contribution in [0.5, 0.6) is 17.2 Å². The van der Waals surface area contributed by atoms with E-state index in [4.69, 9.17) is 14.2 Å². The smallest absolute Gasteiger partial charge is 0.215 e. The molecule has 0 aliphatic carbocycles. The molecular formula is C13H16O5. The number of benzene rings is 1. The molecule has 0 aromatic heterocycles. The first kappa shape index (κ1) is 12.7. The SMILES string of the molecule is CCC1(O)CC(=O)c2c(OC)cc(OC)cc2O1. The average Bonchev–Trinajstić information content (AvgIpc) is 2.36. The lowest BCUT2D eigenvalue weighted by molar-refractivity contribution is -0.141. The van der Waals surface area contributed by atoms with Gasteiger partial charge in [-0.1, -0.05) is 6.92 Å². The highest BCUT2D eigenvalue weighted by Crippen LogP contribution is 2.41. The summed E-state index contributed by atoms with van der Waals surface area (Å²) in [5, 5.41) is 10.1. The molecule has 0 saturated carbocycles. The summed E-state index contributed by atoms with van der Waals surface area (Å²) in [5.41, 5.74) is 0.358. The maximum Gasteiger partial charge on any atom is 0.215 e. The van der Waals surface area contributed by atoms with Crippen molar-refractivity contribution in [2.24, 2.45) is 0 Å². The third kappa shape index (κ3) is 2.01. The van der Waals surface area contributed by atoms with E-state index in [1.165, 1.54) is 14.2 Å². The van der Waals surface area contributed by atoms with Gasteiger partial charge in [0.1, 0.15) is 22.8 Å². The normalized spacial score (nSPS) is 22.1. The molecule has 5 heteroatoms. The van der Waals surface area contributed by atoms with Crippen LogP contribution >= 0.6 is 0 Å². The maximum absolute atomic E-state index is 12.1. The van der Waals surface area contributed by atoms with E-state index in [0.717, 1.165) is 0 Å². The van der Waals surface area contributed by atoms with E-state index in [1.807, 2.05) is 0 Å². The number of rotatable bonds is 3. The van der Waals surface area contributed by atoms with Crippen LogP contribution in [-0.2, 0) is 0 Å². The largest absolute Gasteiger partial charge is 0.496 e. The average molecular weight is 252 g/mol. The van der Waals surface area contributed by atoms with Gasteiger partial charge in [0.2, 0.25) is 5.79 Å². The van der Waals surface area contributed by atoms with Gasteiger partial charge in [-0.15, -0.1) is 0 Å². The van der Waals surface area contributed by atoms with Crippen molar-refractivity contribution in [3.63, 3.8) is 0 Å². The second-order valence-electron chi connectivity index (χ2n) is 4.20. The molecule has 0 bridgehead atoms. The standard InChI is InChI=1S/C13H16O5/c1-4-13(15)7-9(14)12-10(17-3)5-8(16-2)6-11(12)18-13/h5-6,15H,4,7H2,1-3H3. The molecule has 1 aliphatic heterocycles. The van der Waals surface area contributed by atoms with Crippen molar-refractivity contribution in [2.75, 3.05) is 14.2 Å². The molecule has 0 fully saturated rings. The molecule has 5 nitrogen and oxygen atoms in total. The van der Waals surface area contributed by atoms with Crippen LogP contribution in [0.15, 0.2) is 12.1 Å². The van der Waals surface area contributed by atoms with E-state index < -0.39 is 5.79 Å². The molecule has 1 aliphatic rings. The Kier molecular flexibility index (Phi) is 3.17.